The van der Waals surface area contributed by atoms with Crippen molar-refractivity contribution in [2.75, 3.05) is 24.0 Å². The molecule has 0 aliphatic rings. The molecule has 2 aromatic carbocycles. The molecular weight excluding hydrogens is 443 g/mol. The van der Waals surface area contributed by atoms with Crippen LogP contribution in [0.5, 0.6) is 5.75 Å². The van der Waals surface area contributed by atoms with E-state index in [0.29, 0.717) is 17.1 Å². The van der Waals surface area contributed by atoms with Gasteiger partial charge in [-0.1, -0.05) is 35.5 Å². The maximum absolute atomic E-state index is 13.1. The molecule has 0 bridgehead atoms. The Labute approximate surface area is 178 Å². The number of hydrogen-bond acceptors (Lipinski definition) is 6. The summed E-state index contributed by atoms with van der Waals surface area (Å²) in [5.41, 5.74) is -0.822. The topological polar surface area (TPSA) is 95.1 Å². The largest absolute Gasteiger partial charge is 0.496 e. The second-order valence-electron chi connectivity index (χ2n) is 5.90. The van der Waals surface area contributed by atoms with E-state index in [9.17, 15) is 18.0 Å². The van der Waals surface area contributed by atoms with Gasteiger partial charge in [0.05, 0.1) is 29.7 Å². The number of carbonyl (C=O) groups excluding carboxylic acids is 1. The minimum Gasteiger partial charge on any atom is -0.496 e. The highest BCUT2D eigenvalue weighted by atomic mass is 35.5. The minimum absolute atomic E-state index is 0.0881. The Morgan fingerprint density at radius 3 is 2.70 bits per heavy atom. The van der Waals surface area contributed by atoms with E-state index in [1.165, 1.54) is 17.9 Å². The molecule has 30 heavy (non-hydrogen) atoms. The van der Waals surface area contributed by atoms with Crippen molar-refractivity contribution in [3.63, 3.8) is 0 Å². The highest BCUT2D eigenvalue weighted by molar-refractivity contribution is 7.99. The molecule has 7 nitrogen and oxygen atoms in total. The van der Waals surface area contributed by atoms with Gasteiger partial charge in [-0.2, -0.15) is 13.2 Å². The van der Waals surface area contributed by atoms with Gasteiger partial charge in [-0.15, -0.1) is 10.2 Å². The van der Waals surface area contributed by atoms with Crippen molar-refractivity contribution < 1.29 is 22.7 Å². The van der Waals surface area contributed by atoms with Crippen LogP contribution in [0.4, 0.5) is 18.9 Å². The quantitative estimate of drug-likeness (QED) is 0.428. The molecule has 0 radical (unpaired) electrons. The first-order valence-electron chi connectivity index (χ1n) is 8.34. The third-order valence-corrected chi connectivity index (χ3v) is 5.08. The fourth-order valence-corrected chi connectivity index (χ4v) is 3.39. The molecule has 3 N–H and O–H groups in total. The van der Waals surface area contributed by atoms with E-state index in [1.807, 2.05) is 0 Å². The van der Waals surface area contributed by atoms with Crippen LogP contribution >= 0.6 is 23.4 Å². The van der Waals surface area contributed by atoms with E-state index in [4.69, 9.17) is 22.2 Å². The van der Waals surface area contributed by atoms with Crippen molar-refractivity contribution in [2.45, 2.75) is 11.3 Å². The summed E-state index contributed by atoms with van der Waals surface area (Å²) in [6, 6.07) is 10.1. The average Bonchev–Trinajstić information content (AvgIpc) is 3.07. The monoisotopic (exact) mass is 457 g/mol. The van der Waals surface area contributed by atoms with E-state index < -0.39 is 17.6 Å². The number of halogens is 4. The molecule has 158 valence electrons. The third-order valence-electron chi connectivity index (χ3n) is 3.91. The van der Waals surface area contributed by atoms with Gasteiger partial charge < -0.3 is 15.9 Å². The summed E-state index contributed by atoms with van der Waals surface area (Å²) in [6.45, 7) is 0. The predicted octanol–water partition coefficient (Wildman–Crippen LogP) is 4.07. The minimum atomic E-state index is -4.66. The molecule has 3 rings (SSSR count). The maximum Gasteiger partial charge on any atom is 0.418 e. The number of nitrogens with one attached hydrogen (secondary N) is 1. The number of benzene rings is 2. The predicted molar refractivity (Wildman–Crippen MR) is 108 cm³/mol. The molecule has 0 saturated heterocycles. The number of carbonyl (C=O) groups is 1. The van der Waals surface area contributed by atoms with Crippen LogP contribution in [0.25, 0.3) is 11.4 Å². The van der Waals surface area contributed by atoms with Gasteiger partial charge in [-0.05, 0) is 30.3 Å². The number of hydrogen-bond donors (Lipinski definition) is 2. The number of para-hydroxylation sites is 1. The first-order valence-corrected chi connectivity index (χ1v) is 9.70. The summed E-state index contributed by atoms with van der Waals surface area (Å²) in [7, 11) is 1.50. The number of rotatable bonds is 6. The van der Waals surface area contributed by atoms with Gasteiger partial charge in [0, 0.05) is 5.02 Å². The van der Waals surface area contributed by atoms with Gasteiger partial charge in [-0.25, -0.2) is 4.68 Å². The molecule has 0 spiro atoms. The third kappa shape index (κ3) is 4.79. The molecule has 1 heterocycles. The van der Waals surface area contributed by atoms with Crippen LogP contribution in [0.15, 0.2) is 47.6 Å². The number of nitrogen functional groups attached to an aromatic ring is 1. The molecule has 0 atom stereocenters. The van der Waals surface area contributed by atoms with Gasteiger partial charge in [-0.3, -0.25) is 4.79 Å². The van der Waals surface area contributed by atoms with Crippen molar-refractivity contribution in [3.8, 4) is 17.1 Å². The van der Waals surface area contributed by atoms with Gasteiger partial charge in [0.25, 0.3) is 0 Å². The Bertz CT molecular complexity index is 1070. The van der Waals surface area contributed by atoms with Crippen molar-refractivity contribution in [1.29, 1.82) is 0 Å². The lowest BCUT2D eigenvalue weighted by Gasteiger charge is -2.14. The summed E-state index contributed by atoms with van der Waals surface area (Å²) >= 11 is 6.56. The first-order chi connectivity index (χ1) is 14.2. The molecule has 0 aliphatic carbocycles. The molecular formula is C18H15ClF3N5O2S. The Kier molecular flexibility index (Phi) is 6.42. The second kappa shape index (κ2) is 8.84. The Hall–Kier alpha value is -2.92. The van der Waals surface area contributed by atoms with Gasteiger partial charge in [0.2, 0.25) is 11.1 Å². The van der Waals surface area contributed by atoms with Crippen LogP contribution in [0.3, 0.4) is 0 Å². The molecule has 0 unspecified atom stereocenters. The van der Waals surface area contributed by atoms with Crippen molar-refractivity contribution in [3.05, 3.63) is 53.1 Å². The number of ether oxygens (including phenoxy) is 1. The summed E-state index contributed by atoms with van der Waals surface area (Å²) in [6.07, 6.45) is -4.66. The highest BCUT2D eigenvalue weighted by Crippen LogP contribution is 2.36. The van der Waals surface area contributed by atoms with Crippen molar-refractivity contribution in [1.82, 2.24) is 14.9 Å². The lowest BCUT2D eigenvalue weighted by Crippen LogP contribution is -2.19. The molecule has 3 aromatic rings. The zero-order valence-corrected chi connectivity index (χ0v) is 17.0. The van der Waals surface area contributed by atoms with Crippen LogP contribution in [0, 0.1) is 0 Å². The Balaban J connectivity index is 1.72. The number of alkyl halides is 3. The van der Waals surface area contributed by atoms with E-state index >= 15 is 0 Å². The number of amides is 1. The van der Waals surface area contributed by atoms with Crippen LogP contribution in [-0.4, -0.2) is 33.6 Å². The van der Waals surface area contributed by atoms with Crippen LogP contribution in [0.2, 0.25) is 5.02 Å². The highest BCUT2D eigenvalue weighted by Gasteiger charge is 2.34. The SMILES string of the molecule is COc1ccccc1-c1nnc(SCC(=O)Nc2ccc(Cl)cc2C(F)(F)F)n1N. The Morgan fingerprint density at radius 2 is 2.00 bits per heavy atom. The fourth-order valence-electron chi connectivity index (χ4n) is 2.56. The number of nitrogens with zero attached hydrogens (tertiary/aromatic N) is 3. The molecule has 0 fully saturated rings. The molecule has 1 aromatic heterocycles. The lowest BCUT2D eigenvalue weighted by molar-refractivity contribution is -0.137. The molecule has 1 amide bonds. The number of nitrogens with two attached hydrogens (primary N) is 1. The number of aromatic nitrogens is 3. The average molecular weight is 458 g/mol. The van der Waals surface area contributed by atoms with Crippen LogP contribution in [0.1, 0.15) is 5.56 Å². The van der Waals surface area contributed by atoms with Crippen molar-refractivity contribution >= 4 is 35.0 Å². The second-order valence-corrected chi connectivity index (χ2v) is 7.28. The zero-order chi connectivity index (χ0) is 21.9. The Morgan fingerprint density at radius 1 is 1.27 bits per heavy atom. The summed E-state index contributed by atoms with van der Waals surface area (Å²) in [5, 5.41) is 10.3. The van der Waals surface area contributed by atoms with E-state index in [0.717, 1.165) is 23.9 Å². The van der Waals surface area contributed by atoms with Gasteiger partial charge in [0.15, 0.2) is 5.82 Å². The van der Waals surface area contributed by atoms with E-state index in [-0.39, 0.29) is 21.6 Å². The number of thioether (sulfide) groups is 1. The summed E-state index contributed by atoms with van der Waals surface area (Å²) in [4.78, 5) is 12.2. The molecule has 12 heteroatoms. The van der Waals surface area contributed by atoms with Gasteiger partial charge >= 0.3 is 6.18 Å². The normalized spacial score (nSPS) is 11.4. The van der Waals surface area contributed by atoms with Crippen LogP contribution < -0.4 is 15.9 Å². The summed E-state index contributed by atoms with van der Waals surface area (Å²) in [5.74, 6) is 5.96. The smallest absolute Gasteiger partial charge is 0.418 e. The fraction of sp³-hybridized carbons (Fsp3) is 0.167. The maximum atomic E-state index is 13.1. The van der Waals surface area contributed by atoms with E-state index in [2.05, 4.69) is 15.5 Å². The van der Waals surface area contributed by atoms with E-state index in [1.54, 1.807) is 24.3 Å². The van der Waals surface area contributed by atoms with Crippen LogP contribution in [-0.2, 0) is 11.0 Å². The zero-order valence-electron chi connectivity index (χ0n) is 15.4. The molecule has 0 saturated carbocycles. The van der Waals surface area contributed by atoms with Gasteiger partial charge in [0.1, 0.15) is 5.75 Å². The standard InChI is InChI=1S/C18H15ClF3N5O2S/c1-29-14-5-3-2-4-11(14)16-25-26-17(27(16)23)30-9-15(28)24-13-7-6-10(19)8-12(13)18(20,21)22/h2-8H,9,23H2,1H3,(H,24,28). The molecule has 0 aliphatic heterocycles. The van der Waals surface area contributed by atoms with Crippen molar-refractivity contribution in [2.24, 2.45) is 0 Å². The first kappa shape index (κ1) is 21.8. The lowest BCUT2D eigenvalue weighted by atomic mass is 10.1. The number of methoxy groups -OCH3 is 1. The number of anilines is 1. The summed E-state index contributed by atoms with van der Waals surface area (Å²) < 4.78 is 45.9.